The minimum atomic E-state index is -4.50. The molecule has 42 heavy (non-hydrogen) atoms. The minimum Gasteiger partial charge on any atom is -0.382 e. The highest BCUT2D eigenvalue weighted by molar-refractivity contribution is 6.40. The van der Waals surface area contributed by atoms with E-state index in [9.17, 15) is 26.3 Å². The van der Waals surface area contributed by atoms with E-state index < -0.39 is 23.5 Å². The number of alkyl halides is 8. The first kappa shape index (κ1) is 35.3. The second-order valence-electron chi connectivity index (χ2n) is 9.73. The van der Waals surface area contributed by atoms with Crippen molar-refractivity contribution in [3.8, 4) is 12.1 Å². The third kappa shape index (κ3) is 11.4. The van der Waals surface area contributed by atoms with Crippen LogP contribution < -0.4 is 16.0 Å². The Morgan fingerprint density at radius 1 is 0.786 bits per heavy atom. The van der Waals surface area contributed by atoms with Gasteiger partial charge in [0.2, 0.25) is 0 Å². The van der Waals surface area contributed by atoms with Gasteiger partial charge in [-0.05, 0) is 95.3 Å². The van der Waals surface area contributed by atoms with E-state index in [-0.39, 0.29) is 28.5 Å². The maximum atomic E-state index is 12.9. The van der Waals surface area contributed by atoms with Crippen LogP contribution in [0.15, 0.2) is 36.4 Å². The molecule has 0 amide bonds. The number of benzene rings is 2. The molecule has 2 fully saturated rings. The van der Waals surface area contributed by atoms with Crippen LogP contribution in [0, 0.1) is 22.7 Å². The van der Waals surface area contributed by atoms with Gasteiger partial charge in [-0.3, -0.25) is 0 Å². The summed E-state index contributed by atoms with van der Waals surface area (Å²) < 4.78 is 77.0. The van der Waals surface area contributed by atoms with Gasteiger partial charge in [0.05, 0.1) is 39.7 Å². The average molecular weight is 638 g/mol. The predicted molar refractivity (Wildman–Crippen MR) is 153 cm³/mol. The Labute approximate surface area is 251 Å². The van der Waals surface area contributed by atoms with Gasteiger partial charge in [-0.1, -0.05) is 0 Å². The number of nitrogens with one attached hydrogen (secondary N) is 3. The van der Waals surface area contributed by atoms with E-state index in [0.717, 1.165) is 64.0 Å². The van der Waals surface area contributed by atoms with Gasteiger partial charge in [0.25, 0.3) is 0 Å². The van der Waals surface area contributed by atoms with Crippen LogP contribution in [0.25, 0.3) is 0 Å². The maximum Gasteiger partial charge on any atom is 0.417 e. The monoisotopic (exact) mass is 636 g/mol. The topological polar surface area (TPSA) is 86.9 Å². The molecule has 2 aliphatic heterocycles. The summed E-state index contributed by atoms with van der Waals surface area (Å²) in [6.07, 6.45) is -5.45. The molecule has 230 valence electrons. The van der Waals surface area contributed by atoms with Crippen molar-refractivity contribution >= 4 is 34.6 Å². The summed E-state index contributed by atoms with van der Waals surface area (Å²) in [4.78, 5) is 2.19. The summed E-state index contributed by atoms with van der Waals surface area (Å²) in [5, 5.41) is 27.1. The molecule has 0 bridgehead atoms. The van der Waals surface area contributed by atoms with E-state index in [1.54, 1.807) is 12.1 Å². The Kier molecular flexibility index (Phi) is 14.0. The number of halogens is 8. The molecule has 0 atom stereocenters. The fourth-order valence-electron chi connectivity index (χ4n) is 4.52. The molecule has 4 rings (SSSR count). The van der Waals surface area contributed by atoms with Gasteiger partial charge < -0.3 is 20.9 Å². The van der Waals surface area contributed by atoms with E-state index in [1.165, 1.54) is 24.3 Å². The average Bonchev–Trinajstić information content (AvgIpc) is 2.95. The molecule has 3 N–H and O–H groups in total. The summed E-state index contributed by atoms with van der Waals surface area (Å²) >= 11 is 9.53. The van der Waals surface area contributed by atoms with E-state index in [4.69, 9.17) is 33.7 Å². The molecular weight excluding hydrogens is 605 g/mol. The number of nitrogens with zero attached hydrogens (tertiary/aromatic N) is 3. The van der Waals surface area contributed by atoms with Crippen LogP contribution in [0.3, 0.4) is 0 Å². The summed E-state index contributed by atoms with van der Waals surface area (Å²) in [7, 11) is 2.03. The molecule has 2 aliphatic rings. The van der Waals surface area contributed by atoms with Gasteiger partial charge in [-0.25, -0.2) is 0 Å². The lowest BCUT2D eigenvalue weighted by Gasteiger charge is -2.30. The van der Waals surface area contributed by atoms with Crippen molar-refractivity contribution in [1.82, 2.24) is 10.2 Å². The number of piperidine rings is 2. The highest BCUT2D eigenvalue weighted by Crippen LogP contribution is 2.35. The molecule has 0 radical (unpaired) electrons. The maximum absolute atomic E-state index is 12.9. The molecule has 2 aromatic carbocycles. The summed E-state index contributed by atoms with van der Waals surface area (Å²) in [6, 6.07) is 11.0. The standard InChI is InChI=1S/C14H16F3N3.C13H14F3N3.CH2Cl2/c1-20-6-4-11(5-7-20)19-12-3-2-10(9-18)13(8-12)14(15,16)17;14-13(15,16)12-7-11(2-1-9(12)8-17)19-10-3-5-18-6-4-10;2-1-3/h2-3,8,11,19H,4-7H2,1H3;1-2,7,10,18-19H,3-6H2;1H2. The zero-order valence-corrected chi connectivity index (χ0v) is 24.4. The molecule has 2 aromatic rings. The normalized spacial score (nSPS) is 16.5. The van der Waals surface area contributed by atoms with Gasteiger partial charge in [0.15, 0.2) is 0 Å². The first-order valence-electron chi connectivity index (χ1n) is 13.1. The van der Waals surface area contributed by atoms with E-state index in [0.29, 0.717) is 11.4 Å². The van der Waals surface area contributed by atoms with E-state index >= 15 is 0 Å². The molecule has 0 aliphatic carbocycles. The Hall–Kier alpha value is -2.90. The minimum absolute atomic E-state index is 0.176. The van der Waals surface area contributed by atoms with Crippen LogP contribution in [0.2, 0.25) is 0 Å². The van der Waals surface area contributed by atoms with Crippen LogP contribution in [0.5, 0.6) is 0 Å². The van der Waals surface area contributed by atoms with Gasteiger partial charge in [-0.2, -0.15) is 36.9 Å². The van der Waals surface area contributed by atoms with Gasteiger partial charge >= 0.3 is 12.4 Å². The smallest absolute Gasteiger partial charge is 0.382 e. The van der Waals surface area contributed by atoms with Crippen LogP contribution in [-0.2, 0) is 12.4 Å². The third-order valence-corrected chi connectivity index (χ3v) is 6.69. The van der Waals surface area contributed by atoms with Gasteiger partial charge in [0.1, 0.15) is 0 Å². The Balaban J connectivity index is 0.000000269. The highest BCUT2D eigenvalue weighted by Gasteiger charge is 2.35. The van der Waals surface area contributed by atoms with Crippen LogP contribution in [0.1, 0.15) is 47.9 Å². The zero-order valence-electron chi connectivity index (χ0n) is 22.8. The van der Waals surface area contributed by atoms with Gasteiger partial charge in [-0.15, -0.1) is 23.2 Å². The number of rotatable bonds is 4. The second-order valence-corrected chi connectivity index (χ2v) is 10.5. The number of hydrogen-bond acceptors (Lipinski definition) is 6. The largest absolute Gasteiger partial charge is 0.417 e. The van der Waals surface area contributed by atoms with Crippen LogP contribution in [-0.4, -0.2) is 55.5 Å². The molecule has 14 heteroatoms. The van der Waals surface area contributed by atoms with E-state index in [2.05, 4.69) is 20.9 Å². The molecular formula is C28H32Cl2F6N6. The molecule has 2 heterocycles. The number of likely N-dealkylation sites (tertiary alicyclic amines) is 1. The number of hydrogen-bond donors (Lipinski definition) is 3. The van der Waals surface area contributed by atoms with Crippen molar-refractivity contribution < 1.29 is 26.3 Å². The molecule has 0 unspecified atom stereocenters. The van der Waals surface area contributed by atoms with Crippen LogP contribution >= 0.6 is 23.2 Å². The molecule has 2 saturated heterocycles. The summed E-state index contributed by atoms with van der Waals surface area (Å²) in [5.41, 5.74) is -1.61. The Morgan fingerprint density at radius 2 is 1.17 bits per heavy atom. The lowest BCUT2D eigenvalue weighted by Crippen LogP contribution is -2.36. The lowest BCUT2D eigenvalue weighted by atomic mass is 10.0. The SMILES string of the molecule is CN1CCC(Nc2ccc(C#N)c(C(F)(F)F)c2)CC1.ClCCl.N#Cc1ccc(NC2CCNCC2)cc1C(F)(F)F. The number of anilines is 2. The zero-order chi connectivity index (χ0) is 31.3. The van der Waals surface area contributed by atoms with Crippen LogP contribution in [0.4, 0.5) is 37.7 Å². The van der Waals surface area contributed by atoms with Gasteiger partial charge in [0, 0.05) is 23.5 Å². The van der Waals surface area contributed by atoms with Crippen molar-refractivity contribution in [1.29, 1.82) is 10.5 Å². The first-order valence-corrected chi connectivity index (χ1v) is 14.2. The van der Waals surface area contributed by atoms with Crippen molar-refractivity contribution in [2.45, 2.75) is 50.1 Å². The van der Waals surface area contributed by atoms with Crippen molar-refractivity contribution in [3.05, 3.63) is 58.7 Å². The third-order valence-electron chi connectivity index (χ3n) is 6.69. The predicted octanol–water partition coefficient (Wildman–Crippen LogP) is 7.25. The fraction of sp³-hybridized carbons (Fsp3) is 0.500. The lowest BCUT2D eigenvalue weighted by molar-refractivity contribution is -0.138. The molecule has 0 spiro atoms. The fourth-order valence-corrected chi connectivity index (χ4v) is 4.52. The van der Waals surface area contributed by atoms with Crippen molar-refractivity contribution in [2.24, 2.45) is 0 Å². The Bertz CT molecular complexity index is 1210. The second kappa shape index (κ2) is 16.7. The molecule has 6 nitrogen and oxygen atoms in total. The Morgan fingerprint density at radius 3 is 1.52 bits per heavy atom. The summed E-state index contributed by atoms with van der Waals surface area (Å²) in [5.74, 6) is 0. The quantitative estimate of drug-likeness (QED) is 0.242. The molecule has 0 aromatic heterocycles. The first-order chi connectivity index (χ1) is 19.8. The van der Waals surface area contributed by atoms with Crippen molar-refractivity contribution in [2.75, 3.05) is 49.2 Å². The van der Waals surface area contributed by atoms with Crippen molar-refractivity contribution in [3.63, 3.8) is 0 Å². The molecule has 0 saturated carbocycles. The highest BCUT2D eigenvalue weighted by atomic mass is 35.5. The summed E-state index contributed by atoms with van der Waals surface area (Å²) in [6.45, 7) is 3.58. The van der Waals surface area contributed by atoms with E-state index in [1.807, 2.05) is 7.05 Å². The number of nitriles is 2.